The molecule has 18 rings (SSSR count). The van der Waals surface area contributed by atoms with E-state index in [1.807, 2.05) is 0 Å². The number of carbonyl (C=O) groups is 10. The molecule has 0 aromatic heterocycles. The molecular weight excluding hydrogens is 1800 g/mol. The molecule has 18 aliphatic rings. The molecule has 2 saturated heterocycles. The van der Waals surface area contributed by atoms with Crippen LogP contribution in [0.25, 0.3) is 0 Å². The zero-order chi connectivity index (χ0) is 94.1. The lowest BCUT2D eigenvalue weighted by Gasteiger charge is -2.56. The summed E-state index contributed by atoms with van der Waals surface area (Å²) in [5.74, 6) is -4.12. The van der Waals surface area contributed by atoms with Crippen molar-refractivity contribution in [1.82, 2.24) is 0 Å². The second kappa shape index (κ2) is 36.7. The van der Waals surface area contributed by atoms with E-state index in [0.717, 1.165) is 88.4 Å². The maximum Gasteiger partial charge on any atom is 0.367 e. The number of esters is 8. The number of Topliss-reactive ketones (excluding diaryl/α,β-unsaturated/α-hetero) is 2. The van der Waals surface area contributed by atoms with Crippen LogP contribution in [0.4, 0.5) is 13.2 Å². The highest BCUT2D eigenvalue weighted by Crippen LogP contribution is 2.69. The molecule has 0 spiro atoms. The van der Waals surface area contributed by atoms with Crippen molar-refractivity contribution in [2.45, 2.75) is 245 Å². The lowest BCUT2D eigenvalue weighted by Crippen LogP contribution is -2.55. The summed E-state index contributed by atoms with van der Waals surface area (Å²) < 4.78 is 272. The Bertz CT molecular complexity index is 4850. The van der Waals surface area contributed by atoms with Crippen LogP contribution >= 0.6 is 0 Å². The van der Waals surface area contributed by atoms with Crippen LogP contribution in [0, 0.1) is 108 Å². The van der Waals surface area contributed by atoms with Crippen molar-refractivity contribution in [3.8, 4) is 0 Å². The fourth-order valence-corrected chi connectivity index (χ4v) is 26.6. The molecule has 46 heteroatoms. The van der Waals surface area contributed by atoms with E-state index in [0.29, 0.717) is 86.9 Å². The fourth-order valence-electron chi connectivity index (χ4n) is 24.7. The van der Waals surface area contributed by atoms with Crippen LogP contribution in [0.5, 0.6) is 0 Å². The Morgan fingerprint density at radius 2 is 0.849 bits per heavy atom. The molecule has 126 heavy (non-hydrogen) atoms. The SMILES string of the molecule is CC1(C)C2CCC1(CCOCCOC(=O)CS(=O)(=O)[O-])C(=O)C2.CC12CCC(C(=O)OCC(F)(F)S(=O)(=O)[O-])(OC1=O)C2(C)C.CC12CCC(C(=O)OCC(F)CS(=O)(=O)[O-])(OC1=O)C2(C)C.O=C(CC12CC3CC(CC(C3)C1)C2)OCCS(=O)(=O)[O-].O=C(OCCS(=O)(=O)[O-])C12CC3CC(CC(C3)C1)C2.O=C1C2CC3CC1CC(C(=O)OCCS(=O)(=O)[O-])(C3)C2. The summed E-state index contributed by atoms with van der Waals surface area (Å²) in [6.45, 7) is 10.8. The van der Waals surface area contributed by atoms with Gasteiger partial charge in [0.15, 0.2) is 16.7 Å². The Balaban J connectivity index is 0.000000158. The van der Waals surface area contributed by atoms with E-state index < -0.39 is 188 Å². The smallest absolute Gasteiger partial charge is 0.367 e. The Kier molecular flexibility index (Phi) is 29.8. The van der Waals surface area contributed by atoms with Gasteiger partial charge in [-0.05, 0) is 226 Å². The van der Waals surface area contributed by atoms with Gasteiger partial charge in [-0.25, -0.2) is 64.5 Å². The average molecular weight is 1920 g/mol. The molecule has 2 heterocycles. The van der Waals surface area contributed by atoms with Crippen molar-refractivity contribution in [2.24, 2.45) is 108 Å². The summed E-state index contributed by atoms with van der Waals surface area (Å²) >= 11 is 0. The zero-order valence-corrected chi connectivity index (χ0v) is 76.5. The number of hydrogen-bond donors (Lipinski definition) is 0. The molecule has 0 amide bonds. The van der Waals surface area contributed by atoms with Crippen molar-refractivity contribution in [1.29, 1.82) is 0 Å². The van der Waals surface area contributed by atoms with Gasteiger partial charge in [0.2, 0.25) is 11.2 Å². The summed E-state index contributed by atoms with van der Waals surface area (Å²) in [4.78, 5) is 120. The summed E-state index contributed by atoms with van der Waals surface area (Å²) in [5.41, 5.74) is -8.05. The highest BCUT2D eigenvalue weighted by Gasteiger charge is 2.78. The minimum atomic E-state index is -5.96. The number of carbonyl (C=O) groups excluding carboxylic acids is 10. The molecule has 0 aromatic carbocycles. The molecule has 18 bridgehead atoms. The van der Waals surface area contributed by atoms with Gasteiger partial charge in [-0.2, -0.15) is 8.78 Å². The molecule has 718 valence electrons. The largest absolute Gasteiger partial charge is 0.748 e. The number of ether oxygens (including phenoxy) is 9. The van der Waals surface area contributed by atoms with Crippen molar-refractivity contribution in [2.75, 3.05) is 81.6 Å². The summed E-state index contributed by atoms with van der Waals surface area (Å²) in [5, 5.41) is -4.74. The topological polar surface area (TPSA) is 597 Å². The molecule has 2 aliphatic heterocycles. The predicted octanol–water partition coefficient (Wildman–Crippen LogP) is 5.64. The maximum atomic E-state index is 13.4. The monoisotopic (exact) mass is 1910 g/mol. The third kappa shape index (κ3) is 22.0. The van der Waals surface area contributed by atoms with Crippen molar-refractivity contribution >= 4 is 120 Å². The average Bonchev–Trinajstić information content (AvgIpc) is 1.52. The predicted molar refractivity (Wildman–Crippen MR) is 419 cm³/mol. The van der Waals surface area contributed by atoms with Gasteiger partial charge >= 0.3 is 53.0 Å². The molecule has 18 fully saturated rings. The van der Waals surface area contributed by atoms with Gasteiger partial charge in [0.05, 0.1) is 98.2 Å². The number of rotatable bonds is 30. The number of halogens is 3. The molecule has 16 aliphatic carbocycles. The molecule has 0 aromatic rings. The van der Waals surface area contributed by atoms with Crippen LogP contribution in [0.2, 0.25) is 0 Å². The standard InChI is InChI=1S/C15H24O7S.C14H22O5S.C13H19FO7S.C13H18O6S.C13H20O5S.C12H16F2O7S/c1-14(2)11-3-4-15(14,12(16)9-11)5-6-21-7-8-22-13(17)10-23(18,19)20;15-13(19-1-2-20(16,17)18)9-14-6-10-3-11(7-14)5-12(4-10)8-14;1-11(2)12(3)4-5-13(11,21-9(12)15)10(16)20-6-8(14)7-22(17,18)19;14-11-9-3-8-4-10(11)7-13(5-8,6-9)12(15)19-1-2-20(16,17)18;14-12(18-1-2-19(15,16)17)13-6-9-3-10(7-13)5-11(4-9)8-13;1-9(2)10(3)4-5-11(9,21-7(10)15)8(16)20-6-12(13,14)22(17,18)19/h11H,3-10H2,1-2H3,(H,18,19,20);10-12H,1-9H2,(H,16,17,18);8H,4-7H2,1-3H3,(H,17,18,19);8-10H,1-7H2,(H,16,17,18);9-11H,1-8H2,(H,15,16,17);4-6H2,1-3H3,(H,17,18,19)/p-6. The second-order valence-corrected chi connectivity index (χ2v) is 48.9. The minimum Gasteiger partial charge on any atom is -0.748 e. The van der Waals surface area contributed by atoms with E-state index in [1.165, 1.54) is 38.5 Å². The Morgan fingerprint density at radius 3 is 1.21 bits per heavy atom. The molecule has 9 atom stereocenters. The number of ketones is 2. The Labute approximate surface area is 731 Å². The third-order valence-corrected chi connectivity index (χ3v) is 35.5. The van der Waals surface area contributed by atoms with Crippen molar-refractivity contribution < 1.29 is 182 Å². The molecule has 37 nitrogen and oxygen atoms in total. The van der Waals surface area contributed by atoms with Gasteiger partial charge in [0.25, 0.3) is 0 Å². The first-order valence-corrected chi connectivity index (χ1v) is 51.7. The van der Waals surface area contributed by atoms with E-state index in [2.05, 4.69) is 23.3 Å². The highest BCUT2D eigenvalue weighted by atomic mass is 32.2. The van der Waals surface area contributed by atoms with Crippen molar-refractivity contribution in [3.63, 3.8) is 0 Å². The Morgan fingerprint density at radius 1 is 0.452 bits per heavy atom. The van der Waals surface area contributed by atoms with Crippen LogP contribution in [-0.4, -0.2) is 241 Å². The Hall–Kier alpha value is -5.69. The number of fused-ring (bicyclic) bond motifs is 6. The number of alkyl halides is 3. The first kappa shape index (κ1) is 102. The highest BCUT2D eigenvalue weighted by molar-refractivity contribution is 7.87. The van der Waals surface area contributed by atoms with Gasteiger partial charge in [-0.1, -0.05) is 41.5 Å². The molecule has 9 unspecified atom stereocenters. The molecule has 16 saturated carbocycles. The lowest BCUT2D eigenvalue weighted by atomic mass is 9.49. The molecule has 0 N–H and O–H groups in total. The summed E-state index contributed by atoms with van der Waals surface area (Å²) in [6, 6.07) is 0. The van der Waals surface area contributed by atoms with Crippen LogP contribution in [-0.2, 0) is 151 Å². The zero-order valence-electron chi connectivity index (χ0n) is 71.6. The van der Waals surface area contributed by atoms with Crippen LogP contribution in [0.15, 0.2) is 0 Å². The summed E-state index contributed by atoms with van der Waals surface area (Å²) in [7, 11) is -28.3. The first-order valence-electron chi connectivity index (χ1n) is 42.4. The number of hydrogen-bond acceptors (Lipinski definition) is 37. The van der Waals surface area contributed by atoms with Gasteiger partial charge in [-0.3, -0.25) is 38.4 Å². The first-order chi connectivity index (χ1) is 57.6. The minimum absolute atomic E-state index is 0.00238. The van der Waals surface area contributed by atoms with Crippen LogP contribution in [0.1, 0.15) is 222 Å². The van der Waals surface area contributed by atoms with Crippen molar-refractivity contribution in [3.05, 3.63) is 0 Å². The lowest BCUT2D eigenvalue weighted by molar-refractivity contribution is -0.186. The van der Waals surface area contributed by atoms with Crippen LogP contribution in [0.3, 0.4) is 0 Å². The molecule has 0 radical (unpaired) electrons. The van der Waals surface area contributed by atoms with Gasteiger partial charge in [-0.15, -0.1) is 0 Å². The van der Waals surface area contributed by atoms with E-state index in [1.54, 1.807) is 41.5 Å². The van der Waals surface area contributed by atoms with E-state index in [4.69, 9.17) is 33.2 Å². The molecular formula is C80H113F3O37S6-6. The maximum absolute atomic E-state index is 13.4. The van der Waals surface area contributed by atoms with Gasteiger partial charge in [0.1, 0.15) is 66.6 Å². The van der Waals surface area contributed by atoms with E-state index in [9.17, 15) is 139 Å². The van der Waals surface area contributed by atoms with E-state index in [-0.39, 0.29) is 97.1 Å². The quantitative estimate of drug-likeness (QED) is 0.0363. The summed E-state index contributed by atoms with van der Waals surface area (Å²) in [6.07, 6.45) is 19.9. The van der Waals surface area contributed by atoms with E-state index >= 15 is 0 Å². The fraction of sp³-hybridized carbons (Fsp3) is 0.875. The van der Waals surface area contributed by atoms with Gasteiger partial charge in [0, 0.05) is 41.1 Å². The van der Waals surface area contributed by atoms with Gasteiger partial charge < -0.3 is 69.9 Å². The second-order valence-electron chi connectivity index (χ2n) is 40.0. The third-order valence-electron chi connectivity index (χ3n) is 31.3. The van der Waals surface area contributed by atoms with Crippen LogP contribution < -0.4 is 0 Å². The normalized spacial score (nSPS) is 35.6.